The fourth-order valence-corrected chi connectivity index (χ4v) is 2.39. The van der Waals surface area contributed by atoms with Crippen molar-refractivity contribution in [2.24, 2.45) is 5.16 Å². The number of aromatic nitrogens is 2. The van der Waals surface area contributed by atoms with E-state index in [9.17, 15) is 18.0 Å². The van der Waals surface area contributed by atoms with Crippen LogP contribution in [0.1, 0.15) is 5.56 Å². The Labute approximate surface area is 173 Å². The first-order chi connectivity index (χ1) is 14.9. The quantitative estimate of drug-likeness (QED) is 0.316. The van der Waals surface area contributed by atoms with E-state index < -0.39 is 35.2 Å². The highest BCUT2D eigenvalue weighted by atomic mass is 19.1. The van der Waals surface area contributed by atoms with Gasteiger partial charge in [-0.2, -0.15) is 14.4 Å². The van der Waals surface area contributed by atoms with Crippen LogP contribution in [0.25, 0.3) is 0 Å². The third-order valence-corrected chi connectivity index (χ3v) is 3.70. The lowest BCUT2D eigenvalue weighted by Crippen LogP contribution is -2.18. The average Bonchev–Trinajstić information content (AvgIpc) is 2.75. The van der Waals surface area contributed by atoms with Crippen molar-refractivity contribution in [3.05, 3.63) is 71.8 Å². The summed E-state index contributed by atoms with van der Waals surface area (Å²) in [5.74, 6) is -4.93. The first-order valence-electron chi connectivity index (χ1n) is 8.54. The lowest BCUT2D eigenvalue weighted by Gasteiger charge is -2.13. The number of carbonyl (C=O) groups excluding carboxylic acids is 1. The molecule has 0 N–H and O–H groups in total. The highest BCUT2D eigenvalue weighted by molar-refractivity contribution is 6.43. The van der Waals surface area contributed by atoms with Gasteiger partial charge in [0.15, 0.2) is 5.71 Å². The maximum Gasteiger partial charge on any atom is 0.360 e. The van der Waals surface area contributed by atoms with Gasteiger partial charge < -0.3 is 19.0 Å². The number of carbonyl (C=O) groups is 1. The van der Waals surface area contributed by atoms with Gasteiger partial charge in [-0.15, -0.1) is 0 Å². The van der Waals surface area contributed by atoms with Crippen molar-refractivity contribution in [2.75, 3.05) is 14.2 Å². The molecule has 2 aromatic carbocycles. The Morgan fingerprint density at radius 2 is 1.65 bits per heavy atom. The molecule has 0 atom stereocenters. The molecule has 0 aliphatic carbocycles. The Morgan fingerprint density at radius 1 is 0.935 bits per heavy atom. The van der Waals surface area contributed by atoms with E-state index in [2.05, 4.69) is 24.7 Å². The van der Waals surface area contributed by atoms with Crippen molar-refractivity contribution in [2.45, 2.75) is 0 Å². The van der Waals surface area contributed by atoms with Crippen molar-refractivity contribution >= 4 is 11.7 Å². The van der Waals surface area contributed by atoms with Crippen LogP contribution in [0.15, 0.2) is 53.9 Å². The summed E-state index contributed by atoms with van der Waals surface area (Å²) in [4.78, 5) is 23.9. The van der Waals surface area contributed by atoms with E-state index in [0.29, 0.717) is 0 Å². The highest BCUT2D eigenvalue weighted by Gasteiger charge is 2.23. The van der Waals surface area contributed by atoms with Crippen LogP contribution in [0.3, 0.4) is 0 Å². The average molecular weight is 433 g/mol. The third-order valence-electron chi connectivity index (χ3n) is 3.70. The van der Waals surface area contributed by atoms with E-state index in [1.807, 2.05) is 0 Å². The minimum atomic E-state index is -1.15. The summed E-state index contributed by atoms with van der Waals surface area (Å²) in [6.45, 7) is 0. The SMILES string of the molecule is CON=C(C(=O)OC)c1ccc(F)cc1Oc1ncnc(Oc2cccc(F)c2)c1F. The standard InChI is InChI=1S/C20H14F3N3O5/c1-28-20(27)17(26-29-2)14-7-6-12(22)9-15(14)31-19-16(23)18(24-10-25-19)30-13-5-3-4-11(21)8-13/h3-10H,1-2H3. The Morgan fingerprint density at radius 3 is 2.32 bits per heavy atom. The molecule has 0 fully saturated rings. The molecule has 0 radical (unpaired) electrons. The third kappa shape index (κ3) is 5.07. The van der Waals surface area contributed by atoms with E-state index in [0.717, 1.165) is 31.6 Å². The molecule has 160 valence electrons. The Hall–Kier alpha value is -4.15. The molecule has 11 heteroatoms. The lowest BCUT2D eigenvalue weighted by molar-refractivity contribution is -0.132. The molecule has 0 saturated carbocycles. The molecule has 3 rings (SSSR count). The molecule has 1 aromatic heterocycles. The van der Waals surface area contributed by atoms with E-state index in [-0.39, 0.29) is 22.8 Å². The first-order valence-corrected chi connectivity index (χ1v) is 8.54. The number of halogens is 3. The molecular formula is C20H14F3N3O5. The predicted molar refractivity (Wildman–Crippen MR) is 101 cm³/mol. The van der Waals surface area contributed by atoms with Gasteiger partial charge in [-0.3, -0.25) is 0 Å². The smallest absolute Gasteiger partial charge is 0.360 e. The molecule has 31 heavy (non-hydrogen) atoms. The zero-order valence-electron chi connectivity index (χ0n) is 16.1. The van der Waals surface area contributed by atoms with Crippen LogP contribution < -0.4 is 9.47 Å². The molecule has 8 nitrogen and oxygen atoms in total. The van der Waals surface area contributed by atoms with Gasteiger partial charge in [-0.25, -0.2) is 13.6 Å². The zero-order chi connectivity index (χ0) is 22.4. The molecule has 0 bridgehead atoms. The topological polar surface area (TPSA) is 92.1 Å². The van der Waals surface area contributed by atoms with Gasteiger partial charge in [0.1, 0.15) is 36.6 Å². The second-order valence-electron chi connectivity index (χ2n) is 5.71. The van der Waals surface area contributed by atoms with Crippen molar-refractivity contribution in [1.29, 1.82) is 0 Å². The number of methoxy groups -OCH3 is 1. The van der Waals surface area contributed by atoms with Crippen LogP contribution in [0.4, 0.5) is 13.2 Å². The van der Waals surface area contributed by atoms with E-state index in [1.165, 1.54) is 31.4 Å². The van der Waals surface area contributed by atoms with Gasteiger partial charge in [-0.1, -0.05) is 11.2 Å². The summed E-state index contributed by atoms with van der Waals surface area (Å²) in [6.07, 6.45) is 0.927. The molecule has 0 aliphatic heterocycles. The molecule has 0 amide bonds. The van der Waals surface area contributed by atoms with Crippen LogP contribution in [-0.2, 0) is 14.4 Å². The van der Waals surface area contributed by atoms with Crippen LogP contribution in [0.2, 0.25) is 0 Å². The van der Waals surface area contributed by atoms with Crippen LogP contribution >= 0.6 is 0 Å². The molecule has 0 spiro atoms. The summed E-state index contributed by atoms with van der Waals surface area (Å²) in [5, 5.41) is 3.55. The van der Waals surface area contributed by atoms with Crippen LogP contribution in [-0.4, -0.2) is 35.9 Å². The molecule has 0 unspecified atom stereocenters. The Kier molecular flexibility index (Phi) is 6.65. The van der Waals surface area contributed by atoms with E-state index >= 15 is 0 Å². The van der Waals surface area contributed by atoms with Crippen molar-refractivity contribution in [1.82, 2.24) is 9.97 Å². The van der Waals surface area contributed by atoms with Gasteiger partial charge in [0, 0.05) is 12.1 Å². The summed E-state index contributed by atoms with van der Waals surface area (Å²) in [6, 6.07) is 8.05. The number of oxime groups is 1. The maximum atomic E-state index is 14.8. The van der Waals surface area contributed by atoms with Gasteiger partial charge in [0.25, 0.3) is 11.8 Å². The molecule has 0 aliphatic rings. The lowest BCUT2D eigenvalue weighted by atomic mass is 10.1. The maximum absolute atomic E-state index is 14.8. The van der Waals surface area contributed by atoms with Crippen molar-refractivity contribution in [3.8, 4) is 23.3 Å². The molecule has 3 aromatic rings. The first kappa shape index (κ1) is 21.6. The fourth-order valence-electron chi connectivity index (χ4n) is 2.39. The van der Waals surface area contributed by atoms with Crippen molar-refractivity contribution < 1.29 is 37.0 Å². The number of hydrogen-bond donors (Lipinski definition) is 0. The number of benzene rings is 2. The minimum absolute atomic E-state index is 0.0183. The molecule has 0 saturated heterocycles. The largest absolute Gasteiger partial charge is 0.464 e. The van der Waals surface area contributed by atoms with Crippen LogP contribution in [0.5, 0.6) is 23.3 Å². The van der Waals surface area contributed by atoms with Gasteiger partial charge >= 0.3 is 5.97 Å². The number of esters is 1. The predicted octanol–water partition coefficient (Wildman–Crippen LogP) is 4.00. The second-order valence-corrected chi connectivity index (χ2v) is 5.71. The summed E-state index contributed by atoms with van der Waals surface area (Å²) in [7, 11) is 2.30. The molecule has 1 heterocycles. The van der Waals surface area contributed by atoms with E-state index in [4.69, 9.17) is 9.47 Å². The van der Waals surface area contributed by atoms with Crippen LogP contribution in [0, 0.1) is 17.5 Å². The fraction of sp³-hybridized carbons (Fsp3) is 0.100. The normalized spacial score (nSPS) is 11.1. The number of hydrogen-bond acceptors (Lipinski definition) is 8. The Balaban J connectivity index is 1.98. The minimum Gasteiger partial charge on any atom is -0.464 e. The highest BCUT2D eigenvalue weighted by Crippen LogP contribution is 2.32. The van der Waals surface area contributed by atoms with Gasteiger partial charge in [-0.05, 0) is 24.3 Å². The van der Waals surface area contributed by atoms with Gasteiger partial charge in [0.2, 0.25) is 5.82 Å². The monoisotopic (exact) mass is 433 g/mol. The Bertz CT molecular complexity index is 1140. The van der Waals surface area contributed by atoms with Crippen molar-refractivity contribution in [3.63, 3.8) is 0 Å². The molecular weight excluding hydrogens is 419 g/mol. The zero-order valence-corrected chi connectivity index (χ0v) is 16.1. The summed E-state index contributed by atoms with van der Waals surface area (Å²) >= 11 is 0. The second kappa shape index (κ2) is 9.57. The number of nitrogens with zero attached hydrogens (tertiary/aromatic N) is 3. The van der Waals surface area contributed by atoms with E-state index in [1.54, 1.807) is 0 Å². The summed E-state index contributed by atoms with van der Waals surface area (Å²) in [5.41, 5.74) is -0.411. The summed E-state index contributed by atoms with van der Waals surface area (Å²) < 4.78 is 57.2. The number of rotatable bonds is 7. The van der Waals surface area contributed by atoms with Gasteiger partial charge in [0.05, 0.1) is 12.7 Å². The number of ether oxygens (including phenoxy) is 3.